The Balaban J connectivity index is 2.21. The third-order valence-corrected chi connectivity index (χ3v) is 4.49. The van der Waals surface area contributed by atoms with E-state index in [0.29, 0.717) is 0 Å². The van der Waals surface area contributed by atoms with Gasteiger partial charge < -0.3 is 14.7 Å². The Morgan fingerprint density at radius 2 is 2.12 bits per heavy atom. The molecule has 0 saturated carbocycles. The summed E-state index contributed by atoms with van der Waals surface area (Å²) in [6.45, 7) is -0.374. The molecule has 0 aromatic heterocycles. The quantitative estimate of drug-likeness (QED) is 0.829. The molecule has 1 aromatic carbocycles. The zero-order valence-corrected chi connectivity index (χ0v) is 14.2. The molecule has 1 heterocycles. The third kappa shape index (κ3) is 4.27. The topological polar surface area (TPSA) is 66.8 Å². The van der Waals surface area contributed by atoms with Crippen molar-refractivity contribution >= 4 is 27.8 Å². The maximum absolute atomic E-state index is 12.4. The van der Waals surface area contributed by atoms with Crippen molar-refractivity contribution in [3.63, 3.8) is 0 Å². The van der Waals surface area contributed by atoms with Crippen molar-refractivity contribution in [3.8, 4) is 0 Å². The van der Waals surface area contributed by atoms with Crippen molar-refractivity contribution in [3.05, 3.63) is 33.8 Å². The highest BCUT2D eigenvalue weighted by Gasteiger charge is 2.38. The molecular formula is C15H15BrF3NO4. The van der Waals surface area contributed by atoms with Crippen LogP contribution < -0.4 is 0 Å². The Labute approximate surface area is 144 Å². The van der Waals surface area contributed by atoms with E-state index in [1.165, 1.54) is 6.92 Å². The van der Waals surface area contributed by atoms with Crippen LogP contribution in [0.1, 0.15) is 18.1 Å². The molecule has 5 nitrogen and oxygen atoms in total. The van der Waals surface area contributed by atoms with Gasteiger partial charge in [-0.25, -0.2) is 4.79 Å². The Morgan fingerprint density at radius 3 is 2.71 bits per heavy atom. The van der Waals surface area contributed by atoms with Gasteiger partial charge in [-0.3, -0.25) is 4.79 Å². The first kappa shape index (κ1) is 18.7. The molecule has 1 N–H and O–H groups in total. The monoisotopic (exact) mass is 409 g/mol. The fourth-order valence-electron chi connectivity index (χ4n) is 2.55. The summed E-state index contributed by atoms with van der Waals surface area (Å²) in [6.07, 6.45) is -5.87. The lowest BCUT2D eigenvalue weighted by Crippen LogP contribution is -2.52. The number of alkyl halides is 3. The van der Waals surface area contributed by atoms with Crippen molar-refractivity contribution in [1.82, 2.24) is 4.90 Å². The number of aliphatic carboxylic acids is 1. The van der Waals surface area contributed by atoms with Crippen LogP contribution in [0.25, 0.3) is 0 Å². The molecule has 0 radical (unpaired) electrons. The summed E-state index contributed by atoms with van der Waals surface area (Å²) in [4.78, 5) is 24.9. The molecule has 0 bridgehead atoms. The summed E-state index contributed by atoms with van der Waals surface area (Å²) < 4.78 is 41.9. The van der Waals surface area contributed by atoms with Gasteiger partial charge in [0.25, 0.3) is 5.91 Å². The number of carbonyl (C=O) groups excluding carboxylic acids is 1. The van der Waals surface area contributed by atoms with E-state index in [4.69, 9.17) is 0 Å². The number of carbonyl (C=O) groups is 2. The number of rotatable bonds is 4. The number of amides is 1. The Morgan fingerprint density at radius 1 is 1.46 bits per heavy atom. The van der Waals surface area contributed by atoms with Gasteiger partial charge in [0.15, 0.2) is 0 Å². The standard InChI is InChI=1S/C15H15BrF3NO4/c1-8(24-7-15(17,18)19)13(21)20-6-9-3-2-4-11(16)10(9)5-12(20)14(22)23/h2-4,8,12H,5-7H2,1H3,(H,22,23). The maximum atomic E-state index is 12.4. The molecule has 1 amide bonds. The molecule has 0 saturated heterocycles. The highest BCUT2D eigenvalue weighted by molar-refractivity contribution is 9.10. The van der Waals surface area contributed by atoms with Gasteiger partial charge in [-0.2, -0.15) is 13.2 Å². The van der Waals surface area contributed by atoms with Crippen molar-refractivity contribution in [2.75, 3.05) is 6.61 Å². The smallest absolute Gasteiger partial charge is 0.411 e. The number of hydrogen-bond donors (Lipinski definition) is 1. The van der Waals surface area contributed by atoms with E-state index in [1.54, 1.807) is 18.2 Å². The van der Waals surface area contributed by atoms with Crippen LogP contribution in [-0.2, 0) is 27.3 Å². The molecule has 24 heavy (non-hydrogen) atoms. The van der Waals surface area contributed by atoms with E-state index in [1.807, 2.05) is 0 Å². The number of nitrogens with zero attached hydrogens (tertiary/aromatic N) is 1. The number of benzene rings is 1. The second-order valence-corrected chi connectivity index (χ2v) is 6.32. The van der Waals surface area contributed by atoms with Gasteiger partial charge in [0, 0.05) is 17.4 Å². The lowest BCUT2D eigenvalue weighted by atomic mass is 9.93. The van der Waals surface area contributed by atoms with Crippen molar-refractivity contribution < 1.29 is 32.6 Å². The van der Waals surface area contributed by atoms with Gasteiger partial charge in [0.1, 0.15) is 18.8 Å². The van der Waals surface area contributed by atoms with E-state index in [2.05, 4.69) is 20.7 Å². The first-order valence-corrected chi connectivity index (χ1v) is 7.87. The average Bonchev–Trinajstić information content (AvgIpc) is 2.50. The van der Waals surface area contributed by atoms with Crippen LogP contribution in [0, 0.1) is 0 Å². The molecule has 0 spiro atoms. The third-order valence-electron chi connectivity index (χ3n) is 3.74. The first-order chi connectivity index (χ1) is 11.1. The van der Waals surface area contributed by atoms with E-state index < -0.39 is 36.8 Å². The van der Waals surface area contributed by atoms with Crippen molar-refractivity contribution in [2.24, 2.45) is 0 Å². The van der Waals surface area contributed by atoms with Gasteiger partial charge in [0.05, 0.1) is 0 Å². The number of carboxylic acid groups (broad SMARTS) is 1. The predicted octanol–water partition coefficient (Wildman–Crippen LogP) is 2.75. The van der Waals surface area contributed by atoms with Crippen LogP contribution in [0.4, 0.5) is 13.2 Å². The number of hydrogen-bond acceptors (Lipinski definition) is 3. The van der Waals surface area contributed by atoms with Crippen LogP contribution in [0.3, 0.4) is 0 Å². The Bertz CT molecular complexity index is 650. The molecule has 1 aliphatic rings. The van der Waals surface area contributed by atoms with Crippen LogP contribution in [-0.4, -0.2) is 46.8 Å². The molecule has 0 fully saturated rings. The molecule has 9 heteroatoms. The van der Waals surface area contributed by atoms with E-state index in [0.717, 1.165) is 20.5 Å². The minimum atomic E-state index is -4.56. The van der Waals surface area contributed by atoms with Gasteiger partial charge >= 0.3 is 12.1 Å². The highest BCUT2D eigenvalue weighted by atomic mass is 79.9. The molecule has 1 aliphatic heterocycles. The summed E-state index contributed by atoms with van der Waals surface area (Å²) in [7, 11) is 0. The van der Waals surface area contributed by atoms with E-state index >= 15 is 0 Å². The molecular weight excluding hydrogens is 395 g/mol. The summed E-state index contributed by atoms with van der Waals surface area (Å²) in [5.41, 5.74) is 1.52. The SMILES string of the molecule is CC(OCC(F)(F)F)C(=O)N1Cc2cccc(Br)c2CC1C(=O)O. The molecule has 2 unspecified atom stereocenters. The van der Waals surface area contributed by atoms with Gasteiger partial charge in [-0.1, -0.05) is 28.1 Å². The van der Waals surface area contributed by atoms with Crippen LogP contribution in [0.2, 0.25) is 0 Å². The Hall–Kier alpha value is -1.61. The van der Waals surface area contributed by atoms with Crippen LogP contribution >= 0.6 is 15.9 Å². The van der Waals surface area contributed by atoms with Crippen molar-refractivity contribution in [1.29, 1.82) is 0 Å². The van der Waals surface area contributed by atoms with Crippen molar-refractivity contribution in [2.45, 2.75) is 38.2 Å². The number of fused-ring (bicyclic) bond motifs is 1. The predicted molar refractivity (Wildman–Crippen MR) is 81.3 cm³/mol. The zero-order valence-electron chi connectivity index (χ0n) is 12.6. The van der Waals surface area contributed by atoms with Gasteiger partial charge in [-0.15, -0.1) is 0 Å². The average molecular weight is 410 g/mol. The number of halogens is 4. The molecule has 2 atom stereocenters. The molecule has 2 rings (SSSR count). The van der Waals surface area contributed by atoms with E-state index in [9.17, 15) is 27.9 Å². The van der Waals surface area contributed by atoms with Crippen LogP contribution in [0.15, 0.2) is 22.7 Å². The summed E-state index contributed by atoms with van der Waals surface area (Å²) >= 11 is 3.35. The minimum absolute atomic E-state index is 0.00426. The second kappa shape index (κ2) is 7.10. The van der Waals surface area contributed by atoms with Crippen LogP contribution in [0.5, 0.6) is 0 Å². The lowest BCUT2D eigenvalue weighted by molar-refractivity contribution is -0.190. The minimum Gasteiger partial charge on any atom is -0.480 e. The fourth-order valence-corrected chi connectivity index (χ4v) is 3.12. The Kier molecular flexibility index (Phi) is 5.54. The van der Waals surface area contributed by atoms with E-state index in [-0.39, 0.29) is 13.0 Å². The normalized spacial score (nSPS) is 18.9. The summed E-state index contributed by atoms with van der Waals surface area (Å²) in [5.74, 6) is -2.00. The zero-order chi connectivity index (χ0) is 18.1. The number of ether oxygens (including phenoxy) is 1. The highest BCUT2D eigenvalue weighted by Crippen LogP contribution is 2.30. The van der Waals surface area contributed by atoms with Gasteiger partial charge in [0.2, 0.25) is 0 Å². The lowest BCUT2D eigenvalue weighted by Gasteiger charge is -2.36. The molecule has 132 valence electrons. The summed E-state index contributed by atoms with van der Waals surface area (Å²) in [5, 5.41) is 9.38. The summed E-state index contributed by atoms with van der Waals surface area (Å²) in [6, 6.07) is 4.11. The molecule has 0 aliphatic carbocycles. The largest absolute Gasteiger partial charge is 0.480 e. The number of carboxylic acids is 1. The molecule has 1 aromatic rings. The second-order valence-electron chi connectivity index (χ2n) is 5.47. The fraction of sp³-hybridized carbons (Fsp3) is 0.467. The first-order valence-electron chi connectivity index (χ1n) is 7.08. The van der Waals surface area contributed by atoms with Gasteiger partial charge in [-0.05, 0) is 24.1 Å². The maximum Gasteiger partial charge on any atom is 0.411 e.